The van der Waals surface area contributed by atoms with E-state index in [4.69, 9.17) is 9.47 Å². The molecule has 94 valence electrons. The van der Waals surface area contributed by atoms with Gasteiger partial charge in [0.1, 0.15) is 5.78 Å². The summed E-state index contributed by atoms with van der Waals surface area (Å²) in [5.74, 6) is 0.298. The van der Waals surface area contributed by atoms with Crippen LogP contribution in [0.4, 0.5) is 0 Å². The van der Waals surface area contributed by atoms with Crippen LogP contribution in [-0.4, -0.2) is 31.2 Å². The molecule has 0 N–H and O–H groups in total. The highest BCUT2D eigenvalue weighted by molar-refractivity contribution is 5.79. The van der Waals surface area contributed by atoms with E-state index < -0.39 is 0 Å². The molecule has 1 rings (SSSR count). The van der Waals surface area contributed by atoms with Crippen molar-refractivity contribution >= 4 is 5.78 Å². The molecular formula is C13H24O3. The van der Waals surface area contributed by atoms with E-state index in [1.807, 2.05) is 13.8 Å². The summed E-state index contributed by atoms with van der Waals surface area (Å²) in [7, 11) is 3.40. The quantitative estimate of drug-likeness (QED) is 0.672. The van der Waals surface area contributed by atoms with Gasteiger partial charge in [-0.15, -0.1) is 0 Å². The third-order valence-electron chi connectivity index (χ3n) is 3.78. The van der Waals surface area contributed by atoms with Crippen LogP contribution < -0.4 is 0 Å². The van der Waals surface area contributed by atoms with Gasteiger partial charge in [-0.3, -0.25) is 4.79 Å². The van der Waals surface area contributed by atoms with E-state index >= 15 is 0 Å². The van der Waals surface area contributed by atoms with Crippen LogP contribution in [0.5, 0.6) is 0 Å². The summed E-state index contributed by atoms with van der Waals surface area (Å²) in [5.41, 5.74) is -0.330. The Hall–Kier alpha value is -0.410. The van der Waals surface area contributed by atoms with Gasteiger partial charge < -0.3 is 9.47 Å². The van der Waals surface area contributed by atoms with Crippen molar-refractivity contribution in [2.75, 3.05) is 14.2 Å². The molecule has 0 unspecified atom stereocenters. The zero-order valence-electron chi connectivity index (χ0n) is 11.0. The lowest BCUT2D eigenvalue weighted by atomic mass is 9.76. The highest BCUT2D eigenvalue weighted by atomic mass is 16.5. The normalized spacial score (nSPS) is 19.2. The number of hydrogen-bond acceptors (Lipinski definition) is 3. The Labute approximate surface area is 98.5 Å². The third-order valence-corrected chi connectivity index (χ3v) is 3.78. The van der Waals surface area contributed by atoms with Crippen molar-refractivity contribution in [3.05, 3.63) is 0 Å². The van der Waals surface area contributed by atoms with Crippen molar-refractivity contribution in [1.29, 1.82) is 0 Å². The minimum atomic E-state index is -0.199. The summed E-state index contributed by atoms with van der Waals surface area (Å²) in [6.45, 7) is 4.02. The molecule has 3 nitrogen and oxygen atoms in total. The second kappa shape index (κ2) is 5.28. The Balaban J connectivity index is 2.31. The van der Waals surface area contributed by atoms with Crippen LogP contribution in [0, 0.1) is 0 Å². The minimum Gasteiger partial charge on any atom is -0.379 e. The molecule has 16 heavy (non-hydrogen) atoms. The SMILES string of the molecule is COC(C)(C)CCC(=O)CC1(OC)CCC1. The van der Waals surface area contributed by atoms with E-state index in [9.17, 15) is 4.79 Å². The predicted molar refractivity (Wildman–Crippen MR) is 63.5 cm³/mol. The van der Waals surface area contributed by atoms with Gasteiger partial charge in [0.05, 0.1) is 11.2 Å². The lowest BCUT2D eigenvalue weighted by Gasteiger charge is -2.40. The number of rotatable bonds is 7. The summed E-state index contributed by atoms with van der Waals surface area (Å²) in [5, 5.41) is 0. The third kappa shape index (κ3) is 3.56. The average Bonchev–Trinajstić information content (AvgIpc) is 2.21. The molecule has 0 saturated heterocycles. The fraction of sp³-hybridized carbons (Fsp3) is 0.923. The molecule has 1 saturated carbocycles. The zero-order valence-corrected chi connectivity index (χ0v) is 11.0. The Morgan fingerprint density at radius 2 is 1.94 bits per heavy atom. The average molecular weight is 228 g/mol. The van der Waals surface area contributed by atoms with Crippen molar-refractivity contribution in [2.24, 2.45) is 0 Å². The van der Waals surface area contributed by atoms with Gasteiger partial charge >= 0.3 is 0 Å². The van der Waals surface area contributed by atoms with Crippen LogP contribution in [0.25, 0.3) is 0 Å². The smallest absolute Gasteiger partial charge is 0.135 e. The van der Waals surface area contributed by atoms with Crippen LogP contribution in [-0.2, 0) is 14.3 Å². The van der Waals surface area contributed by atoms with E-state index in [1.165, 1.54) is 6.42 Å². The molecule has 0 aromatic carbocycles. The lowest BCUT2D eigenvalue weighted by molar-refractivity contribution is -0.133. The number of carbonyl (C=O) groups excluding carboxylic acids is 1. The second-order valence-electron chi connectivity index (χ2n) is 5.42. The minimum absolute atomic E-state index is 0.131. The molecule has 0 amide bonds. The van der Waals surface area contributed by atoms with Crippen molar-refractivity contribution in [2.45, 2.75) is 63.6 Å². The van der Waals surface area contributed by atoms with Gasteiger partial charge in [0, 0.05) is 27.1 Å². The van der Waals surface area contributed by atoms with E-state index in [-0.39, 0.29) is 11.2 Å². The van der Waals surface area contributed by atoms with E-state index in [0.717, 1.165) is 19.3 Å². The first-order chi connectivity index (χ1) is 7.43. The van der Waals surface area contributed by atoms with Crippen molar-refractivity contribution in [1.82, 2.24) is 0 Å². The molecule has 0 bridgehead atoms. The fourth-order valence-electron chi connectivity index (χ4n) is 2.01. The first-order valence-electron chi connectivity index (χ1n) is 6.05. The van der Waals surface area contributed by atoms with E-state index in [2.05, 4.69) is 0 Å². The van der Waals surface area contributed by atoms with Crippen LogP contribution in [0.3, 0.4) is 0 Å². The molecule has 0 aromatic heterocycles. The molecule has 0 radical (unpaired) electrons. The topological polar surface area (TPSA) is 35.5 Å². The maximum atomic E-state index is 11.8. The first-order valence-corrected chi connectivity index (χ1v) is 6.05. The predicted octanol–water partition coefficient (Wildman–Crippen LogP) is 2.72. The first kappa shape index (κ1) is 13.7. The summed E-state index contributed by atoms with van der Waals surface area (Å²) in [6.07, 6.45) is 5.19. The maximum Gasteiger partial charge on any atom is 0.135 e. The number of ether oxygens (including phenoxy) is 2. The standard InChI is InChI=1S/C13H24O3/c1-12(2,15-3)9-6-11(14)10-13(16-4)7-5-8-13/h5-10H2,1-4H3. The maximum absolute atomic E-state index is 11.8. The number of methoxy groups -OCH3 is 2. The van der Waals surface area contributed by atoms with Gasteiger partial charge in [-0.25, -0.2) is 0 Å². The molecule has 1 aliphatic rings. The molecule has 0 heterocycles. The van der Waals surface area contributed by atoms with Crippen LogP contribution in [0.15, 0.2) is 0 Å². The lowest BCUT2D eigenvalue weighted by Crippen LogP contribution is -2.41. The molecule has 0 spiro atoms. The molecule has 1 fully saturated rings. The van der Waals surface area contributed by atoms with Gasteiger partial charge in [0.2, 0.25) is 0 Å². The van der Waals surface area contributed by atoms with Gasteiger partial charge in [-0.2, -0.15) is 0 Å². The summed E-state index contributed by atoms with van der Waals surface area (Å²) in [6, 6.07) is 0. The second-order valence-corrected chi connectivity index (χ2v) is 5.42. The van der Waals surface area contributed by atoms with Gasteiger partial charge in [0.15, 0.2) is 0 Å². The number of hydrogen-bond donors (Lipinski definition) is 0. The van der Waals surface area contributed by atoms with Crippen LogP contribution >= 0.6 is 0 Å². The van der Waals surface area contributed by atoms with Gasteiger partial charge in [-0.05, 0) is 39.5 Å². The fourth-order valence-corrected chi connectivity index (χ4v) is 2.01. The molecule has 0 aromatic rings. The molecule has 0 atom stereocenters. The molecule has 0 aliphatic heterocycles. The molecule has 1 aliphatic carbocycles. The van der Waals surface area contributed by atoms with Crippen molar-refractivity contribution in [3.63, 3.8) is 0 Å². The van der Waals surface area contributed by atoms with Gasteiger partial charge in [-0.1, -0.05) is 0 Å². The number of carbonyl (C=O) groups is 1. The number of Topliss-reactive ketones (excluding diaryl/α,β-unsaturated/α-hetero) is 1. The largest absolute Gasteiger partial charge is 0.379 e. The van der Waals surface area contributed by atoms with E-state index in [1.54, 1.807) is 14.2 Å². The Morgan fingerprint density at radius 1 is 1.31 bits per heavy atom. The van der Waals surface area contributed by atoms with Gasteiger partial charge in [0.25, 0.3) is 0 Å². The Kier molecular flexibility index (Phi) is 4.51. The highest BCUT2D eigenvalue weighted by Crippen LogP contribution is 2.38. The zero-order chi connectivity index (χ0) is 12.2. The molecular weight excluding hydrogens is 204 g/mol. The Bertz CT molecular complexity index is 236. The van der Waals surface area contributed by atoms with Crippen LogP contribution in [0.1, 0.15) is 52.4 Å². The molecule has 3 heteroatoms. The number of ketones is 1. The Morgan fingerprint density at radius 3 is 2.31 bits per heavy atom. The van der Waals surface area contributed by atoms with E-state index in [0.29, 0.717) is 18.6 Å². The van der Waals surface area contributed by atoms with Crippen molar-refractivity contribution < 1.29 is 14.3 Å². The summed E-state index contributed by atoms with van der Waals surface area (Å²) >= 11 is 0. The summed E-state index contributed by atoms with van der Waals surface area (Å²) < 4.78 is 10.8. The highest BCUT2D eigenvalue weighted by Gasteiger charge is 2.38. The monoisotopic (exact) mass is 228 g/mol. The van der Waals surface area contributed by atoms with Crippen LogP contribution in [0.2, 0.25) is 0 Å². The summed E-state index contributed by atoms with van der Waals surface area (Å²) in [4.78, 5) is 11.8. The van der Waals surface area contributed by atoms with Crippen molar-refractivity contribution in [3.8, 4) is 0 Å².